The number of hydrogen-bond donors (Lipinski definition) is 2. The monoisotopic (exact) mass is 516 g/mol. The van der Waals surface area contributed by atoms with Gasteiger partial charge in [-0.05, 0) is 56.8 Å². The van der Waals surface area contributed by atoms with Gasteiger partial charge in [-0.2, -0.15) is 0 Å². The molecule has 29 heavy (non-hydrogen) atoms. The van der Waals surface area contributed by atoms with Crippen molar-refractivity contribution in [2.45, 2.75) is 58.5 Å². The molecule has 2 N–H and O–H groups in total. The van der Waals surface area contributed by atoms with Crippen molar-refractivity contribution in [2.75, 3.05) is 33.3 Å². The molecule has 2 rings (SSSR count). The van der Waals surface area contributed by atoms with Crippen molar-refractivity contribution in [1.82, 2.24) is 15.5 Å². The molecular weight excluding hydrogens is 479 g/mol. The molecule has 0 spiro atoms. The van der Waals surface area contributed by atoms with Crippen LogP contribution in [0.4, 0.5) is 0 Å². The molecule has 1 aliphatic heterocycles. The summed E-state index contributed by atoms with van der Waals surface area (Å²) in [5.41, 5.74) is 2.60. The number of rotatable bonds is 11. The van der Waals surface area contributed by atoms with E-state index in [0.29, 0.717) is 13.0 Å². The van der Waals surface area contributed by atoms with Crippen LogP contribution in [0.1, 0.15) is 56.6 Å². The van der Waals surface area contributed by atoms with Gasteiger partial charge in [0.05, 0.1) is 13.7 Å². The average Bonchev–Trinajstić information content (AvgIpc) is 3.22. The van der Waals surface area contributed by atoms with Crippen molar-refractivity contribution in [1.29, 1.82) is 0 Å². The van der Waals surface area contributed by atoms with E-state index in [0.717, 1.165) is 44.9 Å². The molecule has 0 aliphatic carbocycles. The van der Waals surface area contributed by atoms with E-state index in [4.69, 9.17) is 0 Å². The fourth-order valence-corrected chi connectivity index (χ4v) is 3.34. The minimum Gasteiger partial charge on any atom is -0.469 e. The van der Waals surface area contributed by atoms with Crippen molar-refractivity contribution >= 4 is 35.9 Å². The largest absolute Gasteiger partial charge is 0.469 e. The van der Waals surface area contributed by atoms with E-state index in [-0.39, 0.29) is 29.9 Å². The smallest absolute Gasteiger partial charge is 0.305 e. The summed E-state index contributed by atoms with van der Waals surface area (Å²) in [6, 6.07) is 8.83. The third kappa shape index (κ3) is 10.8. The zero-order chi connectivity index (χ0) is 20.0. The van der Waals surface area contributed by atoms with Crippen LogP contribution >= 0.6 is 24.0 Å². The molecule has 0 bridgehead atoms. The minimum atomic E-state index is -0.130. The van der Waals surface area contributed by atoms with Crippen molar-refractivity contribution in [2.24, 2.45) is 4.99 Å². The number of halogens is 1. The van der Waals surface area contributed by atoms with Gasteiger partial charge in [0.2, 0.25) is 0 Å². The van der Waals surface area contributed by atoms with Gasteiger partial charge in [0.1, 0.15) is 0 Å². The number of unbranched alkanes of at least 4 members (excludes halogenated alkanes) is 2. The van der Waals surface area contributed by atoms with Crippen LogP contribution in [-0.2, 0) is 22.6 Å². The third-order valence-corrected chi connectivity index (χ3v) is 4.97. The molecular formula is C22H37IN4O2. The van der Waals surface area contributed by atoms with Crippen LogP contribution < -0.4 is 10.6 Å². The molecule has 1 aromatic carbocycles. The number of likely N-dealkylation sites (tertiary alicyclic amines) is 1. The number of aliphatic imine (C=N–C) groups is 1. The molecule has 0 amide bonds. The SMILES string of the molecule is CCNC(=NCc1ccc(CN2CCCC2)cc1)NCCCCCC(=O)OC.I. The van der Waals surface area contributed by atoms with Crippen LogP contribution in [0.5, 0.6) is 0 Å². The fraction of sp³-hybridized carbons (Fsp3) is 0.636. The summed E-state index contributed by atoms with van der Waals surface area (Å²) in [4.78, 5) is 18.3. The molecule has 0 atom stereocenters. The van der Waals surface area contributed by atoms with E-state index in [1.54, 1.807) is 0 Å². The second-order valence-corrected chi connectivity index (χ2v) is 7.31. The molecule has 6 nitrogen and oxygen atoms in total. The fourth-order valence-electron chi connectivity index (χ4n) is 3.34. The predicted molar refractivity (Wildman–Crippen MR) is 130 cm³/mol. The number of carbonyl (C=O) groups excluding carboxylic acids is 1. The summed E-state index contributed by atoms with van der Waals surface area (Å²) >= 11 is 0. The molecule has 1 fully saturated rings. The van der Waals surface area contributed by atoms with Crippen molar-refractivity contribution in [3.05, 3.63) is 35.4 Å². The first kappa shape index (κ1) is 25.7. The molecule has 0 radical (unpaired) electrons. The van der Waals surface area contributed by atoms with Gasteiger partial charge < -0.3 is 15.4 Å². The van der Waals surface area contributed by atoms with Gasteiger partial charge in [-0.15, -0.1) is 24.0 Å². The third-order valence-electron chi connectivity index (χ3n) is 4.97. The summed E-state index contributed by atoms with van der Waals surface area (Å²) in [6.07, 6.45) is 6.04. The van der Waals surface area contributed by atoms with Crippen LogP contribution in [0.3, 0.4) is 0 Å². The number of carbonyl (C=O) groups is 1. The highest BCUT2D eigenvalue weighted by Crippen LogP contribution is 2.13. The Morgan fingerprint density at radius 3 is 2.41 bits per heavy atom. The Balaban J connectivity index is 0.00000420. The summed E-state index contributed by atoms with van der Waals surface area (Å²) in [5.74, 6) is 0.714. The Kier molecular flexibility index (Phi) is 13.7. The molecule has 7 heteroatoms. The molecule has 0 unspecified atom stereocenters. The highest BCUT2D eigenvalue weighted by atomic mass is 127. The van der Waals surface area contributed by atoms with Crippen LogP contribution in [0, 0.1) is 0 Å². The Morgan fingerprint density at radius 2 is 1.76 bits per heavy atom. The number of ether oxygens (including phenoxy) is 1. The lowest BCUT2D eigenvalue weighted by Gasteiger charge is -2.14. The van der Waals surface area contributed by atoms with Gasteiger partial charge in [0, 0.05) is 26.1 Å². The van der Waals surface area contributed by atoms with Crippen molar-refractivity contribution in [3.8, 4) is 0 Å². The van der Waals surface area contributed by atoms with Gasteiger partial charge in [0.15, 0.2) is 5.96 Å². The summed E-state index contributed by atoms with van der Waals surface area (Å²) < 4.78 is 4.66. The number of esters is 1. The van der Waals surface area contributed by atoms with Gasteiger partial charge in [0.25, 0.3) is 0 Å². The second kappa shape index (κ2) is 15.5. The molecule has 0 aromatic heterocycles. The standard InChI is InChI=1S/C22H36N4O2.HI/c1-3-23-22(24-14-6-4-5-9-21(27)28-2)25-17-19-10-12-20(13-11-19)18-26-15-7-8-16-26;/h10-13H,3-9,14-18H2,1-2H3,(H2,23,24,25);1H. The molecule has 1 aromatic rings. The first-order valence-electron chi connectivity index (χ1n) is 10.6. The Bertz CT molecular complexity index is 601. The van der Waals surface area contributed by atoms with Crippen molar-refractivity contribution < 1.29 is 9.53 Å². The van der Waals surface area contributed by atoms with Gasteiger partial charge >= 0.3 is 5.97 Å². The maximum absolute atomic E-state index is 11.1. The first-order valence-corrected chi connectivity index (χ1v) is 10.6. The van der Waals surface area contributed by atoms with E-state index < -0.39 is 0 Å². The molecule has 1 saturated heterocycles. The number of hydrogen-bond acceptors (Lipinski definition) is 4. The highest BCUT2D eigenvalue weighted by Gasteiger charge is 2.11. The topological polar surface area (TPSA) is 66.0 Å². The van der Waals surface area contributed by atoms with Gasteiger partial charge in [-0.1, -0.05) is 30.7 Å². The highest BCUT2D eigenvalue weighted by molar-refractivity contribution is 14.0. The summed E-state index contributed by atoms with van der Waals surface area (Å²) in [7, 11) is 1.43. The second-order valence-electron chi connectivity index (χ2n) is 7.31. The minimum absolute atomic E-state index is 0. The summed E-state index contributed by atoms with van der Waals surface area (Å²) in [6.45, 7) is 7.94. The molecule has 1 heterocycles. The van der Waals surface area contributed by atoms with E-state index in [1.165, 1.54) is 44.2 Å². The number of nitrogens with one attached hydrogen (secondary N) is 2. The predicted octanol–water partition coefficient (Wildman–Crippen LogP) is 3.69. The average molecular weight is 516 g/mol. The molecule has 164 valence electrons. The van der Waals surface area contributed by atoms with Crippen molar-refractivity contribution in [3.63, 3.8) is 0 Å². The lowest BCUT2D eigenvalue weighted by Crippen LogP contribution is -2.37. The summed E-state index contributed by atoms with van der Waals surface area (Å²) in [5, 5.41) is 6.66. The zero-order valence-electron chi connectivity index (χ0n) is 17.9. The maximum Gasteiger partial charge on any atom is 0.305 e. The van der Waals surface area contributed by atoms with Crippen LogP contribution in [0.25, 0.3) is 0 Å². The van der Waals surface area contributed by atoms with Crippen LogP contribution in [-0.4, -0.2) is 50.1 Å². The lowest BCUT2D eigenvalue weighted by molar-refractivity contribution is -0.140. The van der Waals surface area contributed by atoms with E-state index in [9.17, 15) is 4.79 Å². The first-order chi connectivity index (χ1) is 13.7. The zero-order valence-corrected chi connectivity index (χ0v) is 20.2. The quantitative estimate of drug-likeness (QED) is 0.155. The lowest BCUT2D eigenvalue weighted by atomic mass is 10.1. The molecule has 1 aliphatic rings. The van der Waals surface area contributed by atoms with Gasteiger partial charge in [-0.3, -0.25) is 9.69 Å². The van der Waals surface area contributed by atoms with E-state index >= 15 is 0 Å². The van der Waals surface area contributed by atoms with E-state index in [2.05, 4.69) is 56.5 Å². The Morgan fingerprint density at radius 1 is 1.07 bits per heavy atom. The number of benzene rings is 1. The Labute approximate surface area is 192 Å². The van der Waals surface area contributed by atoms with E-state index in [1.807, 2.05) is 0 Å². The normalized spacial score (nSPS) is 14.3. The van der Waals surface area contributed by atoms with Crippen LogP contribution in [0.15, 0.2) is 29.3 Å². The van der Waals surface area contributed by atoms with Crippen LogP contribution in [0.2, 0.25) is 0 Å². The molecule has 0 saturated carbocycles. The number of nitrogens with zero attached hydrogens (tertiary/aromatic N) is 2. The Hall–Kier alpha value is -1.35. The number of guanidine groups is 1. The number of methoxy groups -OCH3 is 1. The maximum atomic E-state index is 11.1. The van der Waals surface area contributed by atoms with Gasteiger partial charge in [-0.25, -0.2) is 4.99 Å².